The Morgan fingerprint density at radius 2 is 2.27 bits per heavy atom. The summed E-state index contributed by atoms with van der Waals surface area (Å²) in [5.41, 5.74) is 0.972. The van der Waals surface area contributed by atoms with Gasteiger partial charge < -0.3 is 5.11 Å². The fourth-order valence-electron chi connectivity index (χ4n) is 1.22. The van der Waals surface area contributed by atoms with Crippen LogP contribution >= 0.6 is 15.9 Å². The quantitative estimate of drug-likeness (QED) is 0.908. The molecule has 0 aliphatic heterocycles. The zero-order chi connectivity index (χ0) is 10.8. The molecule has 0 fully saturated rings. The predicted octanol–water partition coefficient (Wildman–Crippen LogP) is 2.33. The van der Waals surface area contributed by atoms with Gasteiger partial charge >= 0.3 is 5.97 Å². The average Bonchev–Trinajstić information content (AvgIpc) is 2.65. The fourth-order valence-corrected chi connectivity index (χ4v) is 1.51. The van der Waals surface area contributed by atoms with E-state index in [0.29, 0.717) is 0 Å². The number of carboxylic acids is 1. The lowest BCUT2D eigenvalue weighted by Gasteiger charge is -2.01. The van der Waals surface area contributed by atoms with Gasteiger partial charge in [-0.1, -0.05) is 6.07 Å². The zero-order valence-corrected chi connectivity index (χ0v) is 9.18. The molecule has 1 aromatic carbocycles. The normalized spacial score (nSPS) is 10.2. The topological polar surface area (TPSA) is 55.1 Å². The first-order chi connectivity index (χ1) is 7.16. The standard InChI is InChI=1S/C10H7BrN2O2/c11-8-5-12-13(6-8)9-3-1-2-7(4-9)10(14)15/h1-6H,(H,14,15). The maximum absolute atomic E-state index is 10.8. The molecular weight excluding hydrogens is 260 g/mol. The Morgan fingerprint density at radius 3 is 2.87 bits per heavy atom. The van der Waals surface area contributed by atoms with Gasteiger partial charge in [-0.2, -0.15) is 5.10 Å². The molecule has 0 saturated carbocycles. The van der Waals surface area contributed by atoms with Crippen molar-refractivity contribution < 1.29 is 9.90 Å². The summed E-state index contributed by atoms with van der Waals surface area (Å²) >= 11 is 3.28. The average molecular weight is 267 g/mol. The van der Waals surface area contributed by atoms with Crippen LogP contribution in [0, 0.1) is 0 Å². The second-order valence-corrected chi connectivity index (χ2v) is 3.87. The fraction of sp³-hybridized carbons (Fsp3) is 0. The van der Waals surface area contributed by atoms with Crippen LogP contribution in [-0.4, -0.2) is 20.9 Å². The molecule has 0 spiro atoms. The minimum Gasteiger partial charge on any atom is -0.478 e. The van der Waals surface area contributed by atoms with Crippen molar-refractivity contribution in [2.75, 3.05) is 0 Å². The van der Waals surface area contributed by atoms with Crippen molar-refractivity contribution in [3.8, 4) is 5.69 Å². The first-order valence-electron chi connectivity index (χ1n) is 4.21. The van der Waals surface area contributed by atoms with E-state index in [0.717, 1.165) is 10.2 Å². The number of aromatic nitrogens is 2. The smallest absolute Gasteiger partial charge is 0.335 e. The number of carboxylic acid groups (broad SMARTS) is 1. The summed E-state index contributed by atoms with van der Waals surface area (Å²) in [4.78, 5) is 10.8. The van der Waals surface area contributed by atoms with Gasteiger partial charge in [-0.3, -0.25) is 0 Å². The van der Waals surface area contributed by atoms with Crippen LogP contribution in [0.5, 0.6) is 0 Å². The Morgan fingerprint density at radius 1 is 1.47 bits per heavy atom. The highest BCUT2D eigenvalue weighted by molar-refractivity contribution is 9.10. The predicted molar refractivity (Wildman–Crippen MR) is 58.2 cm³/mol. The molecule has 2 rings (SSSR count). The summed E-state index contributed by atoms with van der Waals surface area (Å²) in [6, 6.07) is 6.60. The highest BCUT2D eigenvalue weighted by Crippen LogP contribution is 2.13. The Hall–Kier alpha value is -1.62. The lowest BCUT2D eigenvalue weighted by molar-refractivity contribution is 0.0697. The van der Waals surface area contributed by atoms with Crippen molar-refractivity contribution in [3.63, 3.8) is 0 Å². The third-order valence-corrected chi connectivity index (χ3v) is 2.32. The Labute approximate surface area is 94.3 Å². The summed E-state index contributed by atoms with van der Waals surface area (Å²) in [7, 11) is 0. The van der Waals surface area contributed by atoms with Gasteiger partial charge in [-0.05, 0) is 34.1 Å². The van der Waals surface area contributed by atoms with E-state index in [-0.39, 0.29) is 5.56 Å². The van der Waals surface area contributed by atoms with Gasteiger partial charge in [0.05, 0.1) is 21.9 Å². The van der Waals surface area contributed by atoms with Crippen LogP contribution in [0.2, 0.25) is 0 Å². The lowest BCUT2D eigenvalue weighted by atomic mass is 10.2. The first kappa shape index (κ1) is 9.92. The molecule has 4 nitrogen and oxygen atoms in total. The van der Waals surface area contributed by atoms with E-state index in [4.69, 9.17) is 5.11 Å². The molecule has 1 heterocycles. The second kappa shape index (κ2) is 3.86. The summed E-state index contributed by atoms with van der Waals surface area (Å²) in [5.74, 6) is -0.942. The van der Waals surface area contributed by atoms with Crippen molar-refractivity contribution >= 4 is 21.9 Å². The van der Waals surface area contributed by atoms with Gasteiger partial charge in [0.15, 0.2) is 0 Å². The van der Waals surface area contributed by atoms with Crippen LogP contribution in [0.15, 0.2) is 41.1 Å². The second-order valence-electron chi connectivity index (χ2n) is 2.96. The summed E-state index contributed by atoms with van der Waals surface area (Å²) < 4.78 is 2.46. The lowest BCUT2D eigenvalue weighted by Crippen LogP contribution is -1.99. The van der Waals surface area contributed by atoms with Gasteiger partial charge in [0.25, 0.3) is 0 Å². The van der Waals surface area contributed by atoms with Crippen LogP contribution in [0.25, 0.3) is 5.69 Å². The number of carbonyl (C=O) groups is 1. The van der Waals surface area contributed by atoms with E-state index < -0.39 is 5.97 Å². The van der Waals surface area contributed by atoms with Crippen molar-refractivity contribution in [1.29, 1.82) is 0 Å². The van der Waals surface area contributed by atoms with Crippen molar-refractivity contribution in [3.05, 3.63) is 46.7 Å². The number of nitrogens with zero attached hydrogens (tertiary/aromatic N) is 2. The van der Waals surface area contributed by atoms with E-state index in [1.54, 1.807) is 41.3 Å². The van der Waals surface area contributed by atoms with Gasteiger partial charge in [-0.25, -0.2) is 9.48 Å². The van der Waals surface area contributed by atoms with Gasteiger partial charge in [0.1, 0.15) is 0 Å². The molecule has 2 aromatic rings. The molecule has 0 unspecified atom stereocenters. The van der Waals surface area contributed by atoms with Crippen LogP contribution < -0.4 is 0 Å². The highest BCUT2D eigenvalue weighted by Gasteiger charge is 2.04. The number of hydrogen-bond acceptors (Lipinski definition) is 2. The van der Waals surface area contributed by atoms with Crippen molar-refractivity contribution in [2.45, 2.75) is 0 Å². The van der Waals surface area contributed by atoms with E-state index in [9.17, 15) is 4.79 Å². The van der Waals surface area contributed by atoms with Gasteiger partial charge in [0, 0.05) is 6.20 Å². The molecule has 0 aliphatic rings. The van der Waals surface area contributed by atoms with Crippen LogP contribution in [0.4, 0.5) is 0 Å². The molecular formula is C10H7BrN2O2. The van der Waals surface area contributed by atoms with E-state index in [1.807, 2.05) is 0 Å². The Balaban J connectivity index is 2.45. The SMILES string of the molecule is O=C(O)c1cccc(-n2cc(Br)cn2)c1. The maximum atomic E-state index is 10.8. The molecule has 76 valence electrons. The molecule has 1 aromatic heterocycles. The summed E-state index contributed by atoms with van der Waals surface area (Å²) in [6.45, 7) is 0. The molecule has 15 heavy (non-hydrogen) atoms. The Kier molecular flexibility index (Phi) is 2.55. The molecule has 0 atom stereocenters. The number of benzene rings is 1. The molecule has 0 saturated heterocycles. The van der Waals surface area contributed by atoms with Crippen molar-refractivity contribution in [1.82, 2.24) is 9.78 Å². The van der Waals surface area contributed by atoms with E-state index in [1.165, 1.54) is 0 Å². The number of rotatable bonds is 2. The van der Waals surface area contributed by atoms with Crippen LogP contribution in [-0.2, 0) is 0 Å². The molecule has 0 bridgehead atoms. The molecule has 0 amide bonds. The number of hydrogen-bond donors (Lipinski definition) is 1. The Bertz CT molecular complexity index is 508. The number of halogens is 1. The largest absolute Gasteiger partial charge is 0.478 e. The number of aromatic carboxylic acids is 1. The van der Waals surface area contributed by atoms with Crippen LogP contribution in [0.3, 0.4) is 0 Å². The molecule has 1 N–H and O–H groups in total. The van der Waals surface area contributed by atoms with Gasteiger partial charge in [0.2, 0.25) is 0 Å². The third kappa shape index (κ3) is 2.07. The minimum absolute atomic E-state index is 0.249. The summed E-state index contributed by atoms with van der Waals surface area (Å²) in [5, 5.41) is 12.9. The van der Waals surface area contributed by atoms with Gasteiger partial charge in [-0.15, -0.1) is 0 Å². The van der Waals surface area contributed by atoms with Crippen molar-refractivity contribution in [2.24, 2.45) is 0 Å². The third-order valence-electron chi connectivity index (χ3n) is 1.91. The maximum Gasteiger partial charge on any atom is 0.335 e. The zero-order valence-electron chi connectivity index (χ0n) is 7.59. The highest BCUT2D eigenvalue weighted by atomic mass is 79.9. The molecule has 0 aliphatic carbocycles. The minimum atomic E-state index is -0.942. The summed E-state index contributed by atoms with van der Waals surface area (Å²) in [6.07, 6.45) is 3.41. The monoisotopic (exact) mass is 266 g/mol. The first-order valence-corrected chi connectivity index (χ1v) is 5.00. The van der Waals surface area contributed by atoms with E-state index >= 15 is 0 Å². The van der Waals surface area contributed by atoms with Crippen LogP contribution in [0.1, 0.15) is 10.4 Å². The van der Waals surface area contributed by atoms with E-state index in [2.05, 4.69) is 21.0 Å². The molecule has 5 heteroatoms. The molecule has 0 radical (unpaired) electrons.